The van der Waals surface area contributed by atoms with Gasteiger partial charge in [0.25, 0.3) is 0 Å². The summed E-state index contributed by atoms with van der Waals surface area (Å²) in [5.41, 5.74) is 1.01. The molecule has 0 heterocycles. The Bertz CT molecular complexity index is 457. The van der Waals surface area contributed by atoms with E-state index in [4.69, 9.17) is 0 Å². The summed E-state index contributed by atoms with van der Waals surface area (Å²) in [6.45, 7) is 17.3. The van der Waals surface area contributed by atoms with E-state index in [1.165, 1.54) is 64.2 Å². The minimum absolute atomic E-state index is 0.0403. The van der Waals surface area contributed by atoms with Crippen molar-refractivity contribution in [1.82, 2.24) is 0 Å². The third-order valence-corrected chi connectivity index (χ3v) is 9.56. The van der Waals surface area contributed by atoms with Gasteiger partial charge in [0.05, 0.1) is 6.10 Å². The van der Waals surface area contributed by atoms with Crippen LogP contribution < -0.4 is 0 Å². The van der Waals surface area contributed by atoms with Gasteiger partial charge in [-0.2, -0.15) is 0 Å². The number of hydrogen-bond acceptors (Lipinski definition) is 1. The second-order valence-electron chi connectivity index (χ2n) is 11.9. The third-order valence-electron chi connectivity index (χ3n) is 9.56. The maximum atomic E-state index is 10.1. The Balaban J connectivity index is 1.92. The van der Waals surface area contributed by atoms with Crippen LogP contribution in [0.3, 0.4) is 0 Å². The number of rotatable bonds is 10. The van der Waals surface area contributed by atoms with Gasteiger partial charge in [0.15, 0.2) is 0 Å². The van der Waals surface area contributed by atoms with Crippen molar-refractivity contribution in [3.05, 3.63) is 0 Å². The molecule has 0 aromatic heterocycles. The molecule has 0 aromatic rings. The van der Waals surface area contributed by atoms with Crippen LogP contribution in [-0.4, -0.2) is 11.2 Å². The summed E-state index contributed by atoms with van der Waals surface area (Å²) >= 11 is 0. The Morgan fingerprint density at radius 1 is 0.964 bits per heavy atom. The van der Waals surface area contributed by atoms with Gasteiger partial charge in [-0.25, -0.2) is 0 Å². The zero-order valence-electron chi connectivity index (χ0n) is 20.4. The Morgan fingerprint density at radius 3 is 2.32 bits per heavy atom. The molecule has 0 saturated heterocycles. The molecule has 0 amide bonds. The van der Waals surface area contributed by atoms with Gasteiger partial charge in [-0.3, -0.25) is 0 Å². The van der Waals surface area contributed by atoms with Crippen molar-refractivity contribution in [2.45, 2.75) is 132 Å². The SMILES string of the molecule is CCC1CC(O)CCC1(C)CCCC1(C)C(C)CCC1C(C)CCCC(C)C. The van der Waals surface area contributed by atoms with E-state index < -0.39 is 0 Å². The van der Waals surface area contributed by atoms with Gasteiger partial charge in [-0.1, -0.05) is 80.6 Å². The average Bonchev–Trinajstić information content (AvgIpc) is 2.92. The van der Waals surface area contributed by atoms with E-state index in [9.17, 15) is 5.11 Å². The Kier molecular flexibility index (Phi) is 8.93. The van der Waals surface area contributed by atoms with Crippen molar-refractivity contribution in [3.8, 4) is 0 Å². The van der Waals surface area contributed by atoms with Gasteiger partial charge in [-0.05, 0) is 85.4 Å². The first-order valence-corrected chi connectivity index (χ1v) is 12.8. The maximum absolute atomic E-state index is 10.1. The normalized spacial score (nSPS) is 40.2. The highest BCUT2D eigenvalue weighted by atomic mass is 16.3. The Hall–Kier alpha value is -0.0400. The van der Waals surface area contributed by atoms with Gasteiger partial charge in [0.1, 0.15) is 0 Å². The highest BCUT2D eigenvalue weighted by molar-refractivity contribution is 4.96. The van der Waals surface area contributed by atoms with Crippen molar-refractivity contribution < 1.29 is 5.11 Å². The largest absolute Gasteiger partial charge is 0.393 e. The molecule has 0 spiro atoms. The fourth-order valence-electron chi connectivity index (χ4n) is 7.16. The van der Waals surface area contributed by atoms with Crippen LogP contribution in [0.15, 0.2) is 0 Å². The summed E-state index contributed by atoms with van der Waals surface area (Å²) < 4.78 is 0. The monoisotopic (exact) mass is 392 g/mol. The van der Waals surface area contributed by atoms with Crippen molar-refractivity contribution in [2.75, 3.05) is 0 Å². The molecular weight excluding hydrogens is 340 g/mol. The quantitative estimate of drug-likeness (QED) is 0.397. The number of aliphatic hydroxyl groups excluding tert-OH is 1. The molecule has 7 unspecified atom stereocenters. The lowest BCUT2D eigenvalue weighted by Gasteiger charge is -2.45. The van der Waals surface area contributed by atoms with Crippen LogP contribution >= 0.6 is 0 Å². The molecule has 166 valence electrons. The first-order chi connectivity index (χ1) is 13.1. The van der Waals surface area contributed by atoms with E-state index in [1.807, 2.05) is 0 Å². The molecule has 2 aliphatic carbocycles. The smallest absolute Gasteiger partial charge is 0.0543 e. The first-order valence-electron chi connectivity index (χ1n) is 12.8. The molecule has 1 N–H and O–H groups in total. The van der Waals surface area contributed by atoms with Gasteiger partial charge in [0, 0.05) is 0 Å². The second-order valence-corrected chi connectivity index (χ2v) is 11.9. The molecule has 0 bridgehead atoms. The molecule has 2 rings (SSSR count). The lowest BCUT2D eigenvalue weighted by atomic mass is 9.61. The lowest BCUT2D eigenvalue weighted by molar-refractivity contribution is 0.00547. The predicted octanol–water partition coefficient (Wildman–Crippen LogP) is 8.25. The van der Waals surface area contributed by atoms with E-state index in [1.54, 1.807) is 0 Å². The number of aliphatic hydroxyl groups is 1. The molecule has 2 aliphatic rings. The molecule has 28 heavy (non-hydrogen) atoms. The summed E-state index contributed by atoms with van der Waals surface area (Å²) in [7, 11) is 0. The molecule has 1 heteroatoms. The van der Waals surface area contributed by atoms with Crippen molar-refractivity contribution in [2.24, 2.45) is 40.4 Å². The van der Waals surface area contributed by atoms with E-state index >= 15 is 0 Å². The summed E-state index contributed by atoms with van der Waals surface area (Å²) in [6, 6.07) is 0. The highest BCUT2D eigenvalue weighted by Gasteiger charge is 2.46. The third kappa shape index (κ3) is 5.77. The molecule has 0 aromatic carbocycles. The zero-order valence-corrected chi connectivity index (χ0v) is 20.4. The van der Waals surface area contributed by atoms with E-state index in [0.29, 0.717) is 10.8 Å². The van der Waals surface area contributed by atoms with Crippen molar-refractivity contribution >= 4 is 0 Å². The molecule has 7 atom stereocenters. The minimum atomic E-state index is -0.0403. The lowest BCUT2D eigenvalue weighted by Crippen LogP contribution is -2.37. The fourth-order valence-corrected chi connectivity index (χ4v) is 7.16. The van der Waals surface area contributed by atoms with Crippen LogP contribution in [-0.2, 0) is 0 Å². The molecule has 1 nitrogen and oxygen atoms in total. The van der Waals surface area contributed by atoms with Crippen LogP contribution in [0, 0.1) is 40.4 Å². The molecule has 2 fully saturated rings. The topological polar surface area (TPSA) is 20.2 Å². The van der Waals surface area contributed by atoms with Crippen LogP contribution in [0.25, 0.3) is 0 Å². The van der Waals surface area contributed by atoms with Crippen LogP contribution in [0.5, 0.6) is 0 Å². The summed E-state index contributed by atoms with van der Waals surface area (Å²) in [4.78, 5) is 0. The van der Waals surface area contributed by atoms with Gasteiger partial charge in [-0.15, -0.1) is 0 Å². The molecule has 2 saturated carbocycles. The summed E-state index contributed by atoms with van der Waals surface area (Å²) in [5, 5.41) is 10.1. The fraction of sp³-hybridized carbons (Fsp3) is 1.00. The van der Waals surface area contributed by atoms with E-state index in [-0.39, 0.29) is 6.10 Å². The zero-order chi connectivity index (χ0) is 20.9. The summed E-state index contributed by atoms with van der Waals surface area (Å²) in [5.74, 6) is 4.27. The van der Waals surface area contributed by atoms with Gasteiger partial charge < -0.3 is 5.11 Å². The van der Waals surface area contributed by atoms with Crippen LogP contribution in [0.2, 0.25) is 0 Å². The van der Waals surface area contributed by atoms with Crippen LogP contribution in [0.4, 0.5) is 0 Å². The molecular formula is C27H52O. The van der Waals surface area contributed by atoms with Gasteiger partial charge in [0.2, 0.25) is 0 Å². The molecule has 0 radical (unpaired) electrons. The van der Waals surface area contributed by atoms with Crippen LogP contribution in [0.1, 0.15) is 126 Å². The number of hydrogen-bond donors (Lipinski definition) is 1. The van der Waals surface area contributed by atoms with Crippen molar-refractivity contribution in [1.29, 1.82) is 0 Å². The second kappa shape index (κ2) is 10.3. The molecule has 0 aliphatic heterocycles. The maximum Gasteiger partial charge on any atom is 0.0543 e. The standard InChI is InChI=1S/C27H52O/c1-8-23-19-24(28)15-18-26(23,6)16-10-17-27(7)22(5)13-14-25(27)21(4)12-9-11-20(2)3/h20-25,28H,8-19H2,1-7H3. The van der Waals surface area contributed by atoms with E-state index in [0.717, 1.165) is 42.4 Å². The average molecular weight is 393 g/mol. The van der Waals surface area contributed by atoms with E-state index in [2.05, 4.69) is 48.5 Å². The summed E-state index contributed by atoms with van der Waals surface area (Å²) in [6.07, 6.45) is 15.8. The van der Waals surface area contributed by atoms with Crippen molar-refractivity contribution in [3.63, 3.8) is 0 Å². The Labute approximate surface area is 177 Å². The minimum Gasteiger partial charge on any atom is -0.393 e. The highest BCUT2D eigenvalue weighted by Crippen LogP contribution is 2.55. The Morgan fingerprint density at radius 2 is 1.68 bits per heavy atom. The van der Waals surface area contributed by atoms with Gasteiger partial charge >= 0.3 is 0 Å². The first kappa shape index (κ1) is 24.2. The predicted molar refractivity (Wildman–Crippen MR) is 123 cm³/mol.